The van der Waals surface area contributed by atoms with Gasteiger partial charge in [0.25, 0.3) is 0 Å². The van der Waals surface area contributed by atoms with E-state index in [9.17, 15) is 0 Å². The third kappa shape index (κ3) is 5.90. The molecule has 3 nitrogen and oxygen atoms in total. The average molecular weight is 644 g/mol. The molecule has 8 rings (SSSR count). The molecule has 0 unspecified atom stereocenters. The van der Waals surface area contributed by atoms with E-state index in [1.54, 1.807) is 0 Å². The number of rotatable bonds is 8. The predicted octanol–water partition coefficient (Wildman–Crippen LogP) is 7.92. The first-order valence-corrected chi connectivity index (χ1v) is 18.5. The van der Waals surface area contributed by atoms with Crippen LogP contribution in [-0.4, -0.2) is 23.0 Å². The van der Waals surface area contributed by atoms with E-state index in [0.717, 1.165) is 16.7 Å². The van der Waals surface area contributed by atoms with Crippen molar-refractivity contribution in [3.05, 3.63) is 200 Å². The highest BCUT2D eigenvalue weighted by atomic mass is 28.3. The van der Waals surface area contributed by atoms with Crippen molar-refractivity contribution in [3.8, 4) is 45.3 Å². The number of hydrogen-bond acceptors (Lipinski definition) is 3. The van der Waals surface area contributed by atoms with E-state index < -0.39 is 8.07 Å². The van der Waals surface area contributed by atoms with Gasteiger partial charge in [-0.15, -0.1) is 0 Å². The van der Waals surface area contributed by atoms with Crippen LogP contribution in [0.1, 0.15) is 0 Å². The summed E-state index contributed by atoms with van der Waals surface area (Å²) in [5.41, 5.74) is 5.29. The number of aromatic nitrogens is 3. The molecular formula is C45H33N3Si. The van der Waals surface area contributed by atoms with Gasteiger partial charge in [0.1, 0.15) is 0 Å². The molecule has 49 heavy (non-hydrogen) atoms. The van der Waals surface area contributed by atoms with E-state index in [1.165, 1.54) is 31.9 Å². The third-order valence-corrected chi connectivity index (χ3v) is 13.9. The van der Waals surface area contributed by atoms with Crippen LogP contribution in [-0.2, 0) is 0 Å². The molecule has 8 aromatic rings. The van der Waals surface area contributed by atoms with E-state index in [4.69, 9.17) is 15.0 Å². The second kappa shape index (κ2) is 13.5. The Bertz CT molecular complexity index is 2180. The Hall–Kier alpha value is -6.23. The molecule has 0 spiro atoms. The van der Waals surface area contributed by atoms with Crippen LogP contribution in [0, 0.1) is 0 Å². The largest absolute Gasteiger partial charge is 0.208 e. The normalized spacial score (nSPS) is 11.3. The van der Waals surface area contributed by atoms with E-state index in [0.29, 0.717) is 17.5 Å². The fourth-order valence-corrected chi connectivity index (χ4v) is 11.4. The van der Waals surface area contributed by atoms with Gasteiger partial charge < -0.3 is 0 Å². The van der Waals surface area contributed by atoms with Crippen LogP contribution < -0.4 is 20.7 Å². The predicted molar refractivity (Wildman–Crippen MR) is 205 cm³/mol. The Morgan fingerprint density at radius 1 is 0.224 bits per heavy atom. The number of benzene rings is 7. The molecule has 0 atom stereocenters. The summed E-state index contributed by atoms with van der Waals surface area (Å²) in [5.74, 6) is 1.96. The van der Waals surface area contributed by atoms with Crippen molar-refractivity contribution in [2.75, 3.05) is 0 Å². The first-order chi connectivity index (χ1) is 24.3. The van der Waals surface area contributed by atoms with Crippen molar-refractivity contribution in [2.45, 2.75) is 0 Å². The van der Waals surface area contributed by atoms with Gasteiger partial charge in [-0.25, -0.2) is 15.0 Å². The van der Waals surface area contributed by atoms with Gasteiger partial charge in [-0.3, -0.25) is 0 Å². The van der Waals surface area contributed by atoms with Gasteiger partial charge in [0.05, 0.1) is 0 Å². The number of nitrogens with zero attached hydrogens (tertiary/aromatic N) is 3. The quantitative estimate of drug-likeness (QED) is 0.125. The highest BCUT2D eigenvalue weighted by molar-refractivity contribution is 7.19. The molecule has 0 fully saturated rings. The summed E-state index contributed by atoms with van der Waals surface area (Å²) in [4.78, 5) is 14.9. The lowest BCUT2D eigenvalue weighted by Crippen LogP contribution is -2.74. The van der Waals surface area contributed by atoms with Crippen LogP contribution >= 0.6 is 0 Å². The minimum absolute atomic E-state index is 0.651. The smallest absolute Gasteiger partial charge is 0.179 e. The molecule has 0 amide bonds. The fourth-order valence-electron chi connectivity index (χ4n) is 6.73. The SMILES string of the molecule is c1ccc(-c2ccc([Si](c3ccccc3)(c3ccccc3)c3ccc(-c4nc(-c5ccccc5)nc(-c5ccccc5)n4)cc3)cc2)cc1. The summed E-state index contributed by atoms with van der Waals surface area (Å²) in [6.45, 7) is 0. The zero-order valence-corrected chi connectivity index (χ0v) is 27.9. The minimum atomic E-state index is -2.73. The molecule has 0 saturated carbocycles. The monoisotopic (exact) mass is 643 g/mol. The van der Waals surface area contributed by atoms with E-state index >= 15 is 0 Å². The Kier molecular flexibility index (Phi) is 8.29. The van der Waals surface area contributed by atoms with Crippen LogP contribution in [0.3, 0.4) is 0 Å². The highest BCUT2D eigenvalue weighted by Crippen LogP contribution is 2.25. The van der Waals surface area contributed by atoms with Crippen LogP contribution in [0.15, 0.2) is 200 Å². The minimum Gasteiger partial charge on any atom is -0.208 e. The van der Waals surface area contributed by atoms with Crippen LogP contribution in [0.4, 0.5) is 0 Å². The molecule has 0 aliphatic carbocycles. The Labute approximate surface area is 288 Å². The van der Waals surface area contributed by atoms with Gasteiger partial charge in [-0.05, 0) is 31.9 Å². The van der Waals surface area contributed by atoms with Crippen molar-refractivity contribution in [1.29, 1.82) is 0 Å². The maximum absolute atomic E-state index is 4.99. The molecule has 0 radical (unpaired) electrons. The maximum Gasteiger partial charge on any atom is 0.179 e. The van der Waals surface area contributed by atoms with Gasteiger partial charge in [-0.1, -0.05) is 200 Å². The van der Waals surface area contributed by atoms with E-state index in [-0.39, 0.29) is 0 Å². The molecule has 7 aromatic carbocycles. The standard InChI is InChI=1S/C45H33N3Si/c1-6-16-34(17-7-1)35-26-30-41(31-27-35)49(39-22-12-4-13-23-39,40-24-14-5-15-25-40)42-32-28-38(29-33-42)45-47-43(36-18-8-2-9-19-36)46-44(48-45)37-20-10-3-11-21-37/h1-33H. The van der Waals surface area contributed by atoms with Gasteiger partial charge in [-0.2, -0.15) is 0 Å². The number of hydrogen-bond donors (Lipinski definition) is 0. The zero-order chi connectivity index (χ0) is 32.9. The topological polar surface area (TPSA) is 38.7 Å². The summed E-state index contributed by atoms with van der Waals surface area (Å²) in [7, 11) is -2.73. The summed E-state index contributed by atoms with van der Waals surface area (Å²) in [6, 6.07) is 71.0. The third-order valence-electron chi connectivity index (χ3n) is 9.11. The molecular weight excluding hydrogens is 611 g/mol. The van der Waals surface area contributed by atoms with Crippen molar-refractivity contribution in [2.24, 2.45) is 0 Å². The second-order valence-corrected chi connectivity index (χ2v) is 15.9. The maximum atomic E-state index is 4.99. The highest BCUT2D eigenvalue weighted by Gasteiger charge is 2.41. The first kappa shape index (κ1) is 30.1. The Balaban J connectivity index is 1.29. The van der Waals surface area contributed by atoms with Crippen molar-refractivity contribution in [3.63, 3.8) is 0 Å². The van der Waals surface area contributed by atoms with Gasteiger partial charge in [0.15, 0.2) is 25.5 Å². The van der Waals surface area contributed by atoms with Crippen LogP contribution in [0.5, 0.6) is 0 Å². The molecule has 4 heteroatoms. The molecule has 0 aliphatic rings. The molecule has 0 aliphatic heterocycles. The summed E-state index contributed by atoms with van der Waals surface area (Å²) < 4.78 is 0. The Morgan fingerprint density at radius 3 is 0.837 bits per heavy atom. The molecule has 1 aromatic heterocycles. The first-order valence-electron chi connectivity index (χ1n) is 16.5. The summed E-state index contributed by atoms with van der Waals surface area (Å²) >= 11 is 0. The van der Waals surface area contributed by atoms with Gasteiger partial charge in [0.2, 0.25) is 0 Å². The fraction of sp³-hybridized carbons (Fsp3) is 0. The van der Waals surface area contributed by atoms with Gasteiger partial charge in [0, 0.05) is 16.7 Å². The van der Waals surface area contributed by atoms with Crippen LogP contribution in [0.25, 0.3) is 45.3 Å². The zero-order valence-electron chi connectivity index (χ0n) is 26.9. The van der Waals surface area contributed by atoms with E-state index in [1.807, 2.05) is 60.7 Å². The lowest BCUT2D eigenvalue weighted by Gasteiger charge is -2.34. The lowest BCUT2D eigenvalue weighted by atomic mass is 10.1. The van der Waals surface area contributed by atoms with Crippen molar-refractivity contribution < 1.29 is 0 Å². The van der Waals surface area contributed by atoms with Gasteiger partial charge >= 0.3 is 0 Å². The second-order valence-electron chi connectivity index (χ2n) is 12.0. The van der Waals surface area contributed by atoms with Crippen molar-refractivity contribution >= 4 is 28.8 Å². The molecule has 0 saturated heterocycles. The molecule has 0 bridgehead atoms. The lowest BCUT2D eigenvalue weighted by molar-refractivity contribution is 1.07. The van der Waals surface area contributed by atoms with E-state index in [2.05, 4.69) is 140 Å². The molecule has 1 heterocycles. The average Bonchev–Trinajstić information content (AvgIpc) is 3.20. The summed E-state index contributed by atoms with van der Waals surface area (Å²) in [6.07, 6.45) is 0. The Morgan fingerprint density at radius 2 is 0.469 bits per heavy atom. The molecule has 0 N–H and O–H groups in total. The summed E-state index contributed by atoms with van der Waals surface area (Å²) in [5, 5.41) is 5.29. The van der Waals surface area contributed by atoms with Crippen LogP contribution in [0.2, 0.25) is 0 Å². The molecule has 232 valence electrons. The van der Waals surface area contributed by atoms with Crippen molar-refractivity contribution in [1.82, 2.24) is 15.0 Å².